The van der Waals surface area contributed by atoms with Crippen LogP contribution in [0.4, 0.5) is 5.69 Å². The molecule has 1 heterocycles. The number of hydrogen-bond acceptors (Lipinski definition) is 4. The smallest absolute Gasteiger partial charge is 0.264 e. The molecule has 0 spiro atoms. The lowest BCUT2D eigenvalue weighted by Crippen LogP contribution is -2.39. The van der Waals surface area contributed by atoms with Gasteiger partial charge in [-0.25, -0.2) is 13.8 Å². The number of anilines is 1. The highest BCUT2D eigenvalue weighted by molar-refractivity contribution is 9.10. The fraction of sp³-hybridized carbons (Fsp3) is 0.111. The van der Waals surface area contributed by atoms with E-state index in [-0.39, 0.29) is 4.90 Å². The van der Waals surface area contributed by atoms with Gasteiger partial charge in [0, 0.05) is 27.1 Å². The lowest BCUT2D eigenvalue weighted by molar-refractivity contribution is -0.119. The number of carbonyl (C=O) groups is 1. The van der Waals surface area contributed by atoms with E-state index in [4.69, 9.17) is 0 Å². The predicted octanol–water partition coefficient (Wildman–Crippen LogP) is 5.20. The van der Waals surface area contributed by atoms with Crippen LogP contribution in [-0.4, -0.2) is 31.7 Å². The van der Waals surface area contributed by atoms with E-state index in [1.165, 1.54) is 12.1 Å². The zero-order valence-corrected chi connectivity index (χ0v) is 22.2. The molecule has 7 nitrogen and oxygen atoms in total. The second-order valence-electron chi connectivity index (χ2n) is 8.09. The van der Waals surface area contributed by atoms with E-state index >= 15 is 0 Å². The maximum atomic E-state index is 13.4. The molecule has 1 N–H and O–H groups in total. The number of sulfonamides is 1. The number of para-hydroxylation sites is 1. The Morgan fingerprint density at radius 2 is 1.58 bits per heavy atom. The number of halogens is 1. The number of amides is 1. The largest absolute Gasteiger partial charge is 0.318 e. The number of benzene rings is 3. The summed E-state index contributed by atoms with van der Waals surface area (Å²) in [6.07, 6.45) is 1.56. The van der Waals surface area contributed by atoms with Crippen molar-refractivity contribution in [2.24, 2.45) is 5.10 Å². The summed E-state index contributed by atoms with van der Waals surface area (Å²) >= 11 is 3.36. The van der Waals surface area contributed by atoms with E-state index in [1.807, 2.05) is 50.2 Å². The molecule has 0 aliphatic carbocycles. The molecule has 0 atom stereocenters. The van der Waals surface area contributed by atoms with Crippen molar-refractivity contribution in [3.05, 3.63) is 112 Å². The molecule has 0 radical (unpaired) electrons. The molecular weight excluding hydrogens is 540 g/mol. The quantitative estimate of drug-likeness (QED) is 0.236. The Morgan fingerprint density at radius 1 is 0.972 bits per heavy atom. The fourth-order valence-electron chi connectivity index (χ4n) is 3.87. The summed E-state index contributed by atoms with van der Waals surface area (Å²) in [5, 5.41) is 4.10. The number of aromatic nitrogens is 1. The van der Waals surface area contributed by atoms with Crippen LogP contribution in [0.3, 0.4) is 0 Å². The lowest BCUT2D eigenvalue weighted by atomic mass is 10.2. The first-order valence-electron chi connectivity index (χ1n) is 11.2. The third-order valence-corrected chi connectivity index (χ3v) is 7.93. The van der Waals surface area contributed by atoms with Crippen molar-refractivity contribution in [2.45, 2.75) is 18.7 Å². The summed E-state index contributed by atoms with van der Waals surface area (Å²) < 4.78 is 30.7. The van der Waals surface area contributed by atoms with Gasteiger partial charge >= 0.3 is 0 Å². The highest BCUT2D eigenvalue weighted by Crippen LogP contribution is 2.25. The van der Waals surface area contributed by atoms with Crippen molar-refractivity contribution >= 4 is 43.8 Å². The monoisotopic (exact) mass is 564 g/mol. The summed E-state index contributed by atoms with van der Waals surface area (Å²) in [6.45, 7) is 3.55. The van der Waals surface area contributed by atoms with Gasteiger partial charge < -0.3 is 4.57 Å². The zero-order chi connectivity index (χ0) is 25.7. The Morgan fingerprint density at radius 3 is 2.22 bits per heavy atom. The van der Waals surface area contributed by atoms with Crippen LogP contribution in [0.2, 0.25) is 0 Å². The molecule has 0 saturated heterocycles. The first-order chi connectivity index (χ1) is 17.3. The van der Waals surface area contributed by atoms with Crippen LogP contribution in [0.25, 0.3) is 5.69 Å². The van der Waals surface area contributed by atoms with Crippen molar-refractivity contribution in [1.29, 1.82) is 0 Å². The number of nitrogens with zero attached hydrogens (tertiary/aromatic N) is 3. The van der Waals surface area contributed by atoms with Gasteiger partial charge in [-0.1, -0.05) is 52.3 Å². The predicted molar refractivity (Wildman–Crippen MR) is 146 cm³/mol. The molecule has 9 heteroatoms. The van der Waals surface area contributed by atoms with Crippen LogP contribution in [0, 0.1) is 13.8 Å². The summed E-state index contributed by atoms with van der Waals surface area (Å²) in [7, 11) is -3.98. The Hall–Kier alpha value is -3.69. The first-order valence-corrected chi connectivity index (χ1v) is 13.4. The van der Waals surface area contributed by atoms with E-state index in [1.54, 1.807) is 48.7 Å². The molecule has 0 saturated carbocycles. The van der Waals surface area contributed by atoms with Crippen LogP contribution >= 0.6 is 15.9 Å². The molecule has 0 unspecified atom stereocenters. The Bertz CT molecular complexity index is 1480. The summed E-state index contributed by atoms with van der Waals surface area (Å²) in [5.41, 5.74) is 6.72. The van der Waals surface area contributed by atoms with Crippen LogP contribution in [0.5, 0.6) is 0 Å². The Kier molecular flexibility index (Phi) is 7.71. The average Bonchev–Trinajstić information content (AvgIpc) is 3.16. The first kappa shape index (κ1) is 25.4. The van der Waals surface area contributed by atoms with E-state index in [2.05, 4.69) is 31.0 Å². The third-order valence-electron chi connectivity index (χ3n) is 5.61. The van der Waals surface area contributed by atoms with Gasteiger partial charge in [0.25, 0.3) is 15.9 Å². The molecule has 36 heavy (non-hydrogen) atoms. The molecule has 0 aliphatic heterocycles. The second kappa shape index (κ2) is 10.9. The van der Waals surface area contributed by atoms with Crippen LogP contribution in [0.1, 0.15) is 17.0 Å². The molecule has 0 fully saturated rings. The second-order valence-corrected chi connectivity index (χ2v) is 10.9. The minimum absolute atomic E-state index is 0.0950. The topological polar surface area (TPSA) is 83.8 Å². The van der Waals surface area contributed by atoms with Crippen molar-refractivity contribution in [2.75, 3.05) is 10.8 Å². The number of hydrogen-bond donors (Lipinski definition) is 1. The van der Waals surface area contributed by atoms with Gasteiger partial charge in [0.1, 0.15) is 6.54 Å². The van der Waals surface area contributed by atoms with Gasteiger partial charge in [-0.05, 0) is 68.4 Å². The van der Waals surface area contributed by atoms with Crippen molar-refractivity contribution < 1.29 is 13.2 Å². The number of hydrazone groups is 1. The fourth-order valence-corrected chi connectivity index (χ4v) is 5.58. The maximum absolute atomic E-state index is 13.4. The molecule has 184 valence electrons. The minimum Gasteiger partial charge on any atom is -0.318 e. The van der Waals surface area contributed by atoms with Gasteiger partial charge in [-0.2, -0.15) is 5.10 Å². The van der Waals surface area contributed by atoms with Gasteiger partial charge in [0.2, 0.25) is 0 Å². The zero-order valence-electron chi connectivity index (χ0n) is 19.8. The van der Waals surface area contributed by atoms with Gasteiger partial charge in [-0.3, -0.25) is 9.10 Å². The molecule has 3 aromatic carbocycles. The minimum atomic E-state index is -3.98. The normalized spacial score (nSPS) is 11.5. The van der Waals surface area contributed by atoms with E-state index in [0.29, 0.717) is 5.69 Å². The molecule has 0 bridgehead atoms. The third kappa shape index (κ3) is 5.58. The highest BCUT2D eigenvalue weighted by atomic mass is 79.9. The number of nitrogens with one attached hydrogen (secondary N) is 1. The molecule has 1 amide bonds. The SMILES string of the molecule is Cc1cc(C=NNC(=O)CN(c2ccc(Br)cc2)S(=O)(=O)c2ccccc2)c(C)n1-c1ccccc1. The van der Waals surface area contributed by atoms with E-state index in [9.17, 15) is 13.2 Å². The Labute approximate surface area is 219 Å². The van der Waals surface area contributed by atoms with Gasteiger partial charge in [-0.15, -0.1) is 0 Å². The van der Waals surface area contributed by atoms with Crippen LogP contribution in [-0.2, 0) is 14.8 Å². The highest BCUT2D eigenvalue weighted by Gasteiger charge is 2.27. The molecule has 1 aromatic heterocycles. The summed E-state index contributed by atoms with van der Waals surface area (Å²) in [5.74, 6) is -0.564. The van der Waals surface area contributed by atoms with Crippen LogP contribution < -0.4 is 9.73 Å². The lowest BCUT2D eigenvalue weighted by Gasteiger charge is -2.23. The van der Waals surface area contributed by atoms with E-state index < -0.39 is 22.5 Å². The van der Waals surface area contributed by atoms with E-state index in [0.717, 1.165) is 31.4 Å². The molecule has 0 aliphatic rings. The Balaban J connectivity index is 1.54. The van der Waals surface area contributed by atoms with Crippen molar-refractivity contribution in [3.8, 4) is 5.69 Å². The number of carbonyl (C=O) groups excluding carboxylic acids is 1. The standard InChI is InChI=1S/C27H25BrN4O3S/c1-20-17-22(21(2)32(20)25-9-5-3-6-10-25)18-29-30-27(33)19-31(24-15-13-23(28)14-16-24)36(34,35)26-11-7-4-8-12-26/h3-18H,19H2,1-2H3,(H,30,33). The van der Waals surface area contributed by atoms with Gasteiger partial charge in [0.05, 0.1) is 16.8 Å². The summed E-state index contributed by atoms with van der Waals surface area (Å²) in [4.78, 5) is 12.9. The van der Waals surface area contributed by atoms with Crippen LogP contribution in [0.15, 0.2) is 105 Å². The summed E-state index contributed by atoms with van der Waals surface area (Å²) in [6, 6.07) is 26.7. The molecular formula is C27H25BrN4O3S. The number of aryl methyl sites for hydroxylation is 1. The molecule has 4 aromatic rings. The number of rotatable bonds is 8. The van der Waals surface area contributed by atoms with Crippen molar-refractivity contribution in [1.82, 2.24) is 9.99 Å². The van der Waals surface area contributed by atoms with Gasteiger partial charge in [0.15, 0.2) is 0 Å². The average molecular weight is 565 g/mol. The maximum Gasteiger partial charge on any atom is 0.264 e. The molecule has 4 rings (SSSR count). The van der Waals surface area contributed by atoms with Crippen molar-refractivity contribution in [3.63, 3.8) is 0 Å².